The Morgan fingerprint density at radius 2 is 2.15 bits per heavy atom. The minimum absolute atomic E-state index is 0.0235. The fourth-order valence-electron chi connectivity index (χ4n) is 1.95. The largest absolute Gasteiger partial charge is 0.399 e. The molecule has 6 nitrogen and oxygen atoms in total. The van der Waals surface area contributed by atoms with Gasteiger partial charge in [-0.15, -0.1) is 10.2 Å². The SMILES string of the molecule is Cn1cnnc1CCNC(=O)CCc1ccccc1N. The van der Waals surface area contributed by atoms with Crippen molar-refractivity contribution >= 4 is 11.6 Å². The van der Waals surface area contributed by atoms with Crippen LogP contribution in [-0.2, 0) is 24.7 Å². The van der Waals surface area contributed by atoms with Crippen LogP contribution >= 0.6 is 0 Å². The first-order valence-electron chi connectivity index (χ1n) is 6.60. The molecule has 2 aromatic rings. The van der Waals surface area contributed by atoms with Gasteiger partial charge in [-0.25, -0.2) is 0 Å². The molecule has 0 spiro atoms. The molecular weight excluding hydrogens is 254 g/mol. The molecule has 20 heavy (non-hydrogen) atoms. The molecule has 0 bridgehead atoms. The number of aromatic nitrogens is 3. The highest BCUT2D eigenvalue weighted by molar-refractivity contribution is 5.76. The van der Waals surface area contributed by atoms with Crippen LogP contribution in [0.2, 0.25) is 0 Å². The van der Waals surface area contributed by atoms with Gasteiger partial charge in [-0.2, -0.15) is 0 Å². The van der Waals surface area contributed by atoms with Crippen molar-refractivity contribution in [2.75, 3.05) is 12.3 Å². The Hall–Kier alpha value is -2.37. The number of anilines is 1. The van der Waals surface area contributed by atoms with Crippen LogP contribution in [0.3, 0.4) is 0 Å². The number of nitrogens with one attached hydrogen (secondary N) is 1. The quantitative estimate of drug-likeness (QED) is 0.758. The van der Waals surface area contributed by atoms with Crippen molar-refractivity contribution in [3.05, 3.63) is 42.0 Å². The molecule has 0 aliphatic rings. The molecule has 0 aliphatic heterocycles. The van der Waals surface area contributed by atoms with Crippen LogP contribution in [0.1, 0.15) is 17.8 Å². The Morgan fingerprint density at radius 1 is 1.35 bits per heavy atom. The number of aryl methyl sites for hydroxylation is 2. The molecule has 106 valence electrons. The molecule has 6 heteroatoms. The van der Waals surface area contributed by atoms with E-state index in [9.17, 15) is 4.79 Å². The second-order valence-corrected chi connectivity index (χ2v) is 4.66. The minimum Gasteiger partial charge on any atom is -0.399 e. The van der Waals surface area contributed by atoms with E-state index in [4.69, 9.17) is 5.73 Å². The van der Waals surface area contributed by atoms with E-state index in [0.717, 1.165) is 17.1 Å². The first-order chi connectivity index (χ1) is 9.66. The summed E-state index contributed by atoms with van der Waals surface area (Å²) >= 11 is 0. The molecule has 1 amide bonds. The summed E-state index contributed by atoms with van der Waals surface area (Å²) in [5.41, 5.74) is 7.58. The number of nitrogen functional groups attached to an aromatic ring is 1. The number of benzene rings is 1. The fourth-order valence-corrected chi connectivity index (χ4v) is 1.95. The number of nitrogens with two attached hydrogens (primary N) is 1. The lowest BCUT2D eigenvalue weighted by molar-refractivity contribution is -0.121. The third-order valence-corrected chi connectivity index (χ3v) is 3.15. The molecule has 1 aromatic heterocycles. The summed E-state index contributed by atoms with van der Waals surface area (Å²) in [4.78, 5) is 11.7. The van der Waals surface area contributed by atoms with Gasteiger partial charge >= 0.3 is 0 Å². The van der Waals surface area contributed by atoms with Crippen LogP contribution < -0.4 is 11.1 Å². The highest BCUT2D eigenvalue weighted by Gasteiger charge is 2.05. The maximum Gasteiger partial charge on any atom is 0.220 e. The number of para-hydroxylation sites is 1. The van der Waals surface area contributed by atoms with E-state index in [1.165, 1.54) is 0 Å². The Kier molecular flexibility index (Phi) is 4.70. The zero-order valence-corrected chi connectivity index (χ0v) is 11.5. The van der Waals surface area contributed by atoms with Gasteiger partial charge < -0.3 is 15.6 Å². The van der Waals surface area contributed by atoms with E-state index in [-0.39, 0.29) is 5.91 Å². The average Bonchev–Trinajstić information content (AvgIpc) is 2.84. The number of hydrogen-bond acceptors (Lipinski definition) is 4. The molecule has 2 rings (SSSR count). The zero-order chi connectivity index (χ0) is 14.4. The standard InChI is InChI=1S/C14H19N5O/c1-19-10-17-18-13(19)8-9-16-14(20)7-6-11-4-2-3-5-12(11)15/h2-5,10H,6-9,15H2,1H3,(H,16,20). The summed E-state index contributed by atoms with van der Waals surface area (Å²) in [6.45, 7) is 0.565. The van der Waals surface area contributed by atoms with Crippen molar-refractivity contribution in [2.45, 2.75) is 19.3 Å². The third kappa shape index (κ3) is 3.81. The fraction of sp³-hybridized carbons (Fsp3) is 0.357. The third-order valence-electron chi connectivity index (χ3n) is 3.15. The molecular formula is C14H19N5O. The van der Waals surface area contributed by atoms with E-state index in [2.05, 4.69) is 15.5 Å². The highest BCUT2D eigenvalue weighted by Crippen LogP contribution is 2.12. The van der Waals surface area contributed by atoms with Gasteiger partial charge in [-0.1, -0.05) is 18.2 Å². The van der Waals surface area contributed by atoms with Gasteiger partial charge in [0.05, 0.1) is 0 Å². The van der Waals surface area contributed by atoms with Gasteiger partial charge in [0.2, 0.25) is 5.91 Å². The van der Waals surface area contributed by atoms with E-state index < -0.39 is 0 Å². The van der Waals surface area contributed by atoms with Gasteiger partial charge in [-0.05, 0) is 18.1 Å². The van der Waals surface area contributed by atoms with Crippen molar-refractivity contribution in [1.82, 2.24) is 20.1 Å². The van der Waals surface area contributed by atoms with Crippen LogP contribution in [0, 0.1) is 0 Å². The molecule has 3 N–H and O–H groups in total. The van der Waals surface area contributed by atoms with Crippen LogP contribution in [-0.4, -0.2) is 27.2 Å². The molecule has 0 unspecified atom stereocenters. The molecule has 0 aliphatic carbocycles. The maximum atomic E-state index is 11.7. The zero-order valence-electron chi connectivity index (χ0n) is 11.5. The topological polar surface area (TPSA) is 85.8 Å². The Labute approximate surface area is 118 Å². The first kappa shape index (κ1) is 14.0. The van der Waals surface area contributed by atoms with Gasteiger partial charge in [0.15, 0.2) is 0 Å². The molecule has 0 saturated heterocycles. The lowest BCUT2D eigenvalue weighted by atomic mass is 10.1. The normalized spacial score (nSPS) is 10.4. The molecule has 1 heterocycles. The predicted octanol–water partition coefficient (Wildman–Crippen LogP) is 0.689. The van der Waals surface area contributed by atoms with Gasteiger partial charge in [0, 0.05) is 32.1 Å². The summed E-state index contributed by atoms with van der Waals surface area (Å²) in [6.07, 6.45) is 3.42. The lowest BCUT2D eigenvalue weighted by Gasteiger charge is -2.06. The summed E-state index contributed by atoms with van der Waals surface area (Å²) < 4.78 is 1.84. The first-order valence-corrected chi connectivity index (χ1v) is 6.60. The van der Waals surface area contributed by atoms with Crippen LogP contribution in [0.15, 0.2) is 30.6 Å². The van der Waals surface area contributed by atoms with Gasteiger partial charge in [0.25, 0.3) is 0 Å². The Bertz CT molecular complexity index is 578. The van der Waals surface area contributed by atoms with E-state index in [0.29, 0.717) is 25.8 Å². The number of rotatable bonds is 6. The van der Waals surface area contributed by atoms with Gasteiger partial charge in [0.1, 0.15) is 12.2 Å². The van der Waals surface area contributed by atoms with Gasteiger partial charge in [-0.3, -0.25) is 4.79 Å². The monoisotopic (exact) mass is 273 g/mol. The van der Waals surface area contributed by atoms with E-state index in [1.54, 1.807) is 6.33 Å². The summed E-state index contributed by atoms with van der Waals surface area (Å²) in [5, 5.41) is 10.6. The highest BCUT2D eigenvalue weighted by atomic mass is 16.1. The van der Waals surface area contributed by atoms with Crippen molar-refractivity contribution in [3.8, 4) is 0 Å². The van der Waals surface area contributed by atoms with Crippen molar-refractivity contribution < 1.29 is 4.79 Å². The minimum atomic E-state index is 0.0235. The van der Waals surface area contributed by atoms with Crippen LogP contribution in [0.4, 0.5) is 5.69 Å². The van der Waals surface area contributed by atoms with Crippen molar-refractivity contribution in [2.24, 2.45) is 7.05 Å². The summed E-state index contributed by atoms with van der Waals surface area (Å²) in [7, 11) is 1.88. The Balaban J connectivity index is 1.71. The summed E-state index contributed by atoms with van der Waals surface area (Å²) in [5.74, 6) is 0.882. The van der Waals surface area contributed by atoms with E-state index in [1.807, 2.05) is 35.9 Å². The lowest BCUT2D eigenvalue weighted by Crippen LogP contribution is -2.26. The van der Waals surface area contributed by atoms with Crippen LogP contribution in [0.5, 0.6) is 0 Å². The van der Waals surface area contributed by atoms with Crippen molar-refractivity contribution in [1.29, 1.82) is 0 Å². The molecule has 1 aromatic carbocycles. The number of nitrogens with zero attached hydrogens (tertiary/aromatic N) is 3. The second-order valence-electron chi connectivity index (χ2n) is 4.66. The number of amides is 1. The molecule has 0 fully saturated rings. The maximum absolute atomic E-state index is 11.7. The van der Waals surface area contributed by atoms with Crippen molar-refractivity contribution in [3.63, 3.8) is 0 Å². The number of carbonyl (C=O) groups excluding carboxylic acids is 1. The number of hydrogen-bond donors (Lipinski definition) is 2. The predicted molar refractivity (Wildman–Crippen MR) is 76.9 cm³/mol. The molecule has 0 atom stereocenters. The second kappa shape index (κ2) is 6.70. The van der Waals surface area contributed by atoms with E-state index >= 15 is 0 Å². The Morgan fingerprint density at radius 3 is 2.85 bits per heavy atom. The molecule has 0 radical (unpaired) electrons. The number of carbonyl (C=O) groups is 1. The van der Waals surface area contributed by atoms with Crippen LogP contribution in [0.25, 0.3) is 0 Å². The average molecular weight is 273 g/mol. The molecule has 0 saturated carbocycles. The summed E-state index contributed by atoms with van der Waals surface area (Å²) in [6, 6.07) is 7.61. The smallest absolute Gasteiger partial charge is 0.220 e.